The Morgan fingerprint density at radius 1 is 1.15 bits per heavy atom. The molecule has 4 heteroatoms. The predicted molar refractivity (Wildman–Crippen MR) is 78.7 cm³/mol. The van der Waals surface area contributed by atoms with Crippen LogP contribution in [-0.4, -0.2) is 4.57 Å². The molecule has 3 aromatic rings. The maximum atomic E-state index is 13.1. The lowest BCUT2D eigenvalue weighted by Gasteiger charge is -2.07. The molecule has 3 rings (SSSR count). The van der Waals surface area contributed by atoms with E-state index in [0.717, 1.165) is 16.6 Å². The van der Waals surface area contributed by atoms with Crippen molar-refractivity contribution in [1.29, 1.82) is 0 Å². The van der Waals surface area contributed by atoms with E-state index in [9.17, 15) is 4.39 Å². The number of rotatable bonds is 3. The van der Waals surface area contributed by atoms with Crippen molar-refractivity contribution >= 4 is 22.5 Å². The van der Waals surface area contributed by atoms with Crippen LogP contribution in [0.15, 0.2) is 48.5 Å². The van der Waals surface area contributed by atoms with Crippen LogP contribution in [0.3, 0.4) is 0 Å². The maximum absolute atomic E-state index is 13.1. The summed E-state index contributed by atoms with van der Waals surface area (Å²) in [6.45, 7) is 0.381. The predicted octanol–water partition coefficient (Wildman–Crippen LogP) is 4.55. The number of nitrogens with zero attached hydrogens (tertiary/aromatic N) is 1. The van der Waals surface area contributed by atoms with Gasteiger partial charge in [-0.2, -0.15) is 0 Å². The molecule has 0 saturated carbocycles. The van der Waals surface area contributed by atoms with E-state index < -0.39 is 0 Å². The van der Waals surface area contributed by atoms with Crippen LogP contribution >= 0.6 is 11.6 Å². The summed E-state index contributed by atoms with van der Waals surface area (Å²) in [5.41, 5.74) is 2.06. The second-order valence-electron chi connectivity index (χ2n) is 4.64. The SMILES string of the molecule is Cn1c(COc2cccc(F)c2)cc2ccc(Cl)cc21. The molecule has 0 N–H and O–H groups in total. The lowest BCUT2D eigenvalue weighted by Crippen LogP contribution is -2.01. The van der Waals surface area contributed by atoms with Crippen LogP contribution in [0, 0.1) is 5.82 Å². The first-order valence-electron chi connectivity index (χ1n) is 6.26. The van der Waals surface area contributed by atoms with Crippen LogP contribution in [0.25, 0.3) is 10.9 Å². The summed E-state index contributed by atoms with van der Waals surface area (Å²) in [5, 5.41) is 1.81. The highest BCUT2D eigenvalue weighted by molar-refractivity contribution is 6.31. The average molecular weight is 290 g/mol. The Bertz CT molecular complexity index is 766. The van der Waals surface area contributed by atoms with Gasteiger partial charge in [-0.1, -0.05) is 23.7 Å². The fourth-order valence-corrected chi connectivity index (χ4v) is 2.38. The van der Waals surface area contributed by atoms with Crippen LogP contribution < -0.4 is 4.74 Å². The lowest BCUT2D eigenvalue weighted by atomic mass is 10.2. The molecule has 0 spiro atoms. The van der Waals surface area contributed by atoms with E-state index in [2.05, 4.69) is 0 Å². The molecule has 0 aliphatic rings. The molecule has 0 amide bonds. The number of benzene rings is 2. The van der Waals surface area contributed by atoms with Crippen molar-refractivity contribution in [1.82, 2.24) is 4.57 Å². The summed E-state index contributed by atoms with van der Waals surface area (Å²) in [7, 11) is 1.96. The fourth-order valence-electron chi connectivity index (χ4n) is 2.21. The van der Waals surface area contributed by atoms with E-state index in [-0.39, 0.29) is 5.82 Å². The van der Waals surface area contributed by atoms with Crippen molar-refractivity contribution in [3.05, 3.63) is 65.1 Å². The van der Waals surface area contributed by atoms with E-state index in [4.69, 9.17) is 16.3 Å². The number of halogens is 2. The van der Waals surface area contributed by atoms with Gasteiger partial charge in [0.05, 0.1) is 5.69 Å². The van der Waals surface area contributed by atoms with Gasteiger partial charge in [-0.15, -0.1) is 0 Å². The quantitative estimate of drug-likeness (QED) is 0.690. The molecule has 0 atom stereocenters. The summed E-state index contributed by atoms with van der Waals surface area (Å²) < 4.78 is 20.7. The molecule has 2 nitrogen and oxygen atoms in total. The maximum Gasteiger partial charge on any atom is 0.128 e. The first kappa shape index (κ1) is 13.0. The van der Waals surface area contributed by atoms with Crippen molar-refractivity contribution in [2.75, 3.05) is 0 Å². The molecule has 0 radical (unpaired) electrons. The van der Waals surface area contributed by atoms with E-state index >= 15 is 0 Å². The number of aryl methyl sites for hydroxylation is 1. The molecular formula is C16H13ClFNO. The van der Waals surface area contributed by atoms with E-state index in [0.29, 0.717) is 17.4 Å². The number of aromatic nitrogens is 1. The minimum Gasteiger partial charge on any atom is -0.487 e. The summed E-state index contributed by atoms with van der Waals surface area (Å²) in [6, 6.07) is 13.9. The van der Waals surface area contributed by atoms with Crippen LogP contribution in [0.4, 0.5) is 4.39 Å². The summed E-state index contributed by atoms with van der Waals surface area (Å²) in [6.07, 6.45) is 0. The molecule has 1 heterocycles. The van der Waals surface area contributed by atoms with Gasteiger partial charge in [0.15, 0.2) is 0 Å². The van der Waals surface area contributed by atoms with Gasteiger partial charge in [-0.05, 0) is 30.3 Å². The number of fused-ring (bicyclic) bond motifs is 1. The molecule has 0 bridgehead atoms. The Hall–Kier alpha value is -2.00. The van der Waals surface area contributed by atoms with Gasteiger partial charge in [0.1, 0.15) is 18.2 Å². The molecule has 0 saturated heterocycles. The highest BCUT2D eigenvalue weighted by Gasteiger charge is 2.07. The van der Waals surface area contributed by atoms with Gasteiger partial charge >= 0.3 is 0 Å². The Labute approximate surface area is 121 Å². The normalized spacial score (nSPS) is 10.9. The zero-order valence-electron chi connectivity index (χ0n) is 10.9. The van der Waals surface area contributed by atoms with Crippen LogP contribution in [0.2, 0.25) is 5.02 Å². The monoisotopic (exact) mass is 289 g/mol. The Morgan fingerprint density at radius 2 is 2.00 bits per heavy atom. The summed E-state index contributed by atoms with van der Waals surface area (Å²) in [5.74, 6) is 0.222. The van der Waals surface area contributed by atoms with Crippen LogP contribution in [0.5, 0.6) is 5.75 Å². The van der Waals surface area contributed by atoms with Gasteiger partial charge in [-0.3, -0.25) is 0 Å². The first-order valence-corrected chi connectivity index (χ1v) is 6.63. The van der Waals surface area contributed by atoms with E-state index in [1.165, 1.54) is 12.1 Å². The van der Waals surface area contributed by atoms with Gasteiger partial charge in [0.2, 0.25) is 0 Å². The highest BCUT2D eigenvalue weighted by Crippen LogP contribution is 2.23. The Kier molecular flexibility index (Phi) is 3.36. The summed E-state index contributed by atoms with van der Waals surface area (Å²) in [4.78, 5) is 0. The van der Waals surface area contributed by atoms with Gasteiger partial charge in [0, 0.05) is 29.0 Å². The third kappa shape index (κ3) is 2.49. The first-order chi connectivity index (χ1) is 9.63. The molecule has 20 heavy (non-hydrogen) atoms. The molecule has 1 aromatic heterocycles. The molecule has 102 valence electrons. The molecular weight excluding hydrogens is 277 g/mol. The number of hydrogen-bond acceptors (Lipinski definition) is 1. The zero-order chi connectivity index (χ0) is 14.1. The lowest BCUT2D eigenvalue weighted by molar-refractivity contribution is 0.296. The van der Waals surface area contributed by atoms with Crippen molar-refractivity contribution in [2.45, 2.75) is 6.61 Å². The van der Waals surface area contributed by atoms with Gasteiger partial charge < -0.3 is 9.30 Å². The minimum absolute atomic E-state index is 0.300. The largest absolute Gasteiger partial charge is 0.487 e. The topological polar surface area (TPSA) is 14.2 Å². The van der Waals surface area contributed by atoms with Crippen molar-refractivity contribution in [3.8, 4) is 5.75 Å². The Balaban J connectivity index is 1.86. The zero-order valence-corrected chi connectivity index (χ0v) is 11.7. The van der Waals surface area contributed by atoms with Crippen LogP contribution in [-0.2, 0) is 13.7 Å². The Morgan fingerprint density at radius 3 is 2.80 bits per heavy atom. The molecule has 2 aromatic carbocycles. The van der Waals surface area contributed by atoms with Gasteiger partial charge in [0.25, 0.3) is 0 Å². The summed E-state index contributed by atoms with van der Waals surface area (Å²) >= 11 is 6.00. The average Bonchev–Trinajstić information content (AvgIpc) is 2.73. The van der Waals surface area contributed by atoms with Crippen molar-refractivity contribution in [3.63, 3.8) is 0 Å². The van der Waals surface area contributed by atoms with Crippen LogP contribution in [0.1, 0.15) is 5.69 Å². The highest BCUT2D eigenvalue weighted by atomic mass is 35.5. The van der Waals surface area contributed by atoms with E-state index in [1.807, 2.05) is 35.9 Å². The number of hydrogen-bond donors (Lipinski definition) is 0. The smallest absolute Gasteiger partial charge is 0.128 e. The van der Waals surface area contributed by atoms with Crippen molar-refractivity contribution in [2.24, 2.45) is 7.05 Å². The third-order valence-corrected chi connectivity index (χ3v) is 3.52. The van der Waals surface area contributed by atoms with E-state index in [1.54, 1.807) is 12.1 Å². The second kappa shape index (κ2) is 5.17. The van der Waals surface area contributed by atoms with Crippen molar-refractivity contribution < 1.29 is 9.13 Å². The third-order valence-electron chi connectivity index (χ3n) is 3.29. The molecule has 0 aliphatic carbocycles. The van der Waals surface area contributed by atoms with Gasteiger partial charge in [-0.25, -0.2) is 4.39 Å². The fraction of sp³-hybridized carbons (Fsp3) is 0.125. The molecule has 0 fully saturated rings. The second-order valence-corrected chi connectivity index (χ2v) is 5.08. The number of ether oxygens (including phenoxy) is 1. The minimum atomic E-state index is -0.300. The molecule has 0 aliphatic heterocycles. The standard InChI is InChI=1S/C16H13ClFNO/c1-19-14(7-11-5-6-12(17)8-16(11)19)10-20-15-4-2-3-13(18)9-15/h2-9H,10H2,1H3. The molecule has 0 unspecified atom stereocenters.